The highest BCUT2D eigenvalue weighted by Gasteiger charge is 2.30. The van der Waals surface area contributed by atoms with Crippen molar-refractivity contribution in [3.8, 4) is 11.1 Å². The van der Waals surface area contributed by atoms with Gasteiger partial charge in [-0.25, -0.2) is 0 Å². The Morgan fingerprint density at radius 3 is 2.00 bits per heavy atom. The van der Waals surface area contributed by atoms with Gasteiger partial charge < -0.3 is 10.1 Å². The van der Waals surface area contributed by atoms with E-state index in [-0.39, 0.29) is 23.7 Å². The lowest BCUT2D eigenvalue weighted by Crippen LogP contribution is -2.32. The van der Waals surface area contributed by atoms with Crippen molar-refractivity contribution >= 4 is 11.7 Å². The van der Waals surface area contributed by atoms with Gasteiger partial charge in [-0.05, 0) is 42.5 Å². The summed E-state index contributed by atoms with van der Waals surface area (Å²) in [6.45, 7) is 2.53. The Labute approximate surface area is 154 Å². The number of ketones is 1. The molecule has 3 rings (SSSR count). The van der Waals surface area contributed by atoms with E-state index in [2.05, 4.69) is 5.32 Å². The summed E-state index contributed by atoms with van der Waals surface area (Å²) in [5.74, 6) is 0.395. The van der Waals surface area contributed by atoms with Gasteiger partial charge in [-0.3, -0.25) is 9.59 Å². The normalized spacial score (nSPS) is 14.7. The molecule has 2 aromatic rings. The van der Waals surface area contributed by atoms with Gasteiger partial charge in [0.1, 0.15) is 0 Å². The van der Waals surface area contributed by atoms with Crippen LogP contribution in [0.4, 0.5) is 0 Å². The standard InChI is InChI=1S/C22H25NO3/c1-3-20(26-2)14-23-22(25)19-12-6-16(7-13-19)15-4-8-17(9-5-15)21(24)18-10-11-18/h4-9,12-13,18,20H,3,10-11,14H2,1-2H3,(H,23,25)/t20-/m0/s1. The van der Waals surface area contributed by atoms with Crippen LogP contribution in [0.2, 0.25) is 0 Å². The predicted octanol–water partition coefficient (Wildman–Crippen LogP) is 4.10. The Morgan fingerprint density at radius 2 is 1.54 bits per heavy atom. The van der Waals surface area contributed by atoms with Gasteiger partial charge in [0.05, 0.1) is 6.10 Å². The number of nitrogens with one attached hydrogen (secondary N) is 1. The molecule has 1 N–H and O–H groups in total. The molecule has 26 heavy (non-hydrogen) atoms. The molecular formula is C22H25NO3. The van der Waals surface area contributed by atoms with Crippen LogP contribution in [0, 0.1) is 5.92 Å². The van der Waals surface area contributed by atoms with Crippen LogP contribution in [-0.2, 0) is 4.74 Å². The molecule has 0 radical (unpaired) electrons. The maximum absolute atomic E-state index is 12.2. The highest BCUT2D eigenvalue weighted by molar-refractivity contribution is 5.99. The summed E-state index contributed by atoms with van der Waals surface area (Å²) in [6, 6.07) is 15.2. The first-order valence-electron chi connectivity index (χ1n) is 9.18. The average molecular weight is 351 g/mol. The number of carbonyl (C=O) groups excluding carboxylic acids is 2. The highest BCUT2D eigenvalue weighted by Crippen LogP contribution is 2.33. The van der Waals surface area contributed by atoms with Gasteiger partial charge in [0, 0.05) is 30.7 Å². The van der Waals surface area contributed by atoms with Crippen molar-refractivity contribution in [2.45, 2.75) is 32.3 Å². The highest BCUT2D eigenvalue weighted by atomic mass is 16.5. The Bertz CT molecular complexity index is 757. The van der Waals surface area contributed by atoms with Crippen LogP contribution in [0.15, 0.2) is 48.5 Å². The number of ether oxygens (including phenoxy) is 1. The molecule has 0 aromatic heterocycles. The largest absolute Gasteiger partial charge is 0.380 e. The van der Waals surface area contributed by atoms with Crippen LogP contribution in [-0.4, -0.2) is 31.4 Å². The second-order valence-corrected chi connectivity index (χ2v) is 6.77. The van der Waals surface area contributed by atoms with Crippen LogP contribution in [0.3, 0.4) is 0 Å². The molecule has 1 aliphatic rings. The van der Waals surface area contributed by atoms with Crippen molar-refractivity contribution in [3.63, 3.8) is 0 Å². The smallest absolute Gasteiger partial charge is 0.251 e. The van der Waals surface area contributed by atoms with Crippen LogP contribution >= 0.6 is 0 Å². The van der Waals surface area contributed by atoms with Crippen molar-refractivity contribution in [1.29, 1.82) is 0 Å². The van der Waals surface area contributed by atoms with Gasteiger partial charge in [-0.1, -0.05) is 43.3 Å². The lowest BCUT2D eigenvalue weighted by molar-refractivity contribution is 0.0815. The van der Waals surface area contributed by atoms with E-state index in [1.54, 1.807) is 7.11 Å². The van der Waals surface area contributed by atoms with E-state index < -0.39 is 0 Å². The summed E-state index contributed by atoms with van der Waals surface area (Å²) in [6.07, 6.45) is 2.94. The van der Waals surface area contributed by atoms with Crippen molar-refractivity contribution < 1.29 is 14.3 Å². The number of carbonyl (C=O) groups is 2. The Balaban J connectivity index is 1.63. The second-order valence-electron chi connectivity index (χ2n) is 6.77. The first-order valence-corrected chi connectivity index (χ1v) is 9.18. The van der Waals surface area contributed by atoms with Gasteiger partial charge >= 0.3 is 0 Å². The van der Waals surface area contributed by atoms with Crippen molar-refractivity contribution in [1.82, 2.24) is 5.32 Å². The van der Waals surface area contributed by atoms with E-state index in [0.717, 1.165) is 36.0 Å². The zero-order chi connectivity index (χ0) is 18.5. The first-order chi connectivity index (χ1) is 12.6. The number of amides is 1. The fraction of sp³-hybridized carbons (Fsp3) is 0.364. The van der Waals surface area contributed by atoms with Crippen molar-refractivity contribution in [3.05, 3.63) is 59.7 Å². The molecular weight excluding hydrogens is 326 g/mol. The molecule has 0 aliphatic heterocycles. The van der Waals surface area contributed by atoms with Gasteiger partial charge in [0.15, 0.2) is 5.78 Å². The SMILES string of the molecule is CC[C@@H](CNC(=O)c1ccc(-c2ccc(C(=O)C3CC3)cc2)cc1)OC. The van der Waals surface area contributed by atoms with Crippen LogP contribution in [0.5, 0.6) is 0 Å². The van der Waals surface area contributed by atoms with Gasteiger partial charge in [-0.2, -0.15) is 0 Å². The summed E-state index contributed by atoms with van der Waals surface area (Å²) < 4.78 is 5.27. The summed E-state index contributed by atoms with van der Waals surface area (Å²) in [5, 5.41) is 2.90. The summed E-state index contributed by atoms with van der Waals surface area (Å²) >= 11 is 0. The molecule has 136 valence electrons. The molecule has 2 aromatic carbocycles. The monoisotopic (exact) mass is 351 g/mol. The molecule has 0 saturated heterocycles. The fourth-order valence-corrected chi connectivity index (χ4v) is 2.93. The van der Waals surface area contributed by atoms with Crippen LogP contribution in [0.1, 0.15) is 46.9 Å². The van der Waals surface area contributed by atoms with E-state index in [9.17, 15) is 9.59 Å². The lowest BCUT2D eigenvalue weighted by Gasteiger charge is -2.14. The number of hydrogen-bond acceptors (Lipinski definition) is 3. The Hall–Kier alpha value is -2.46. The first kappa shape index (κ1) is 18.3. The van der Waals surface area contributed by atoms with Gasteiger partial charge in [0.25, 0.3) is 5.91 Å². The van der Waals surface area contributed by atoms with Gasteiger partial charge in [-0.15, -0.1) is 0 Å². The van der Waals surface area contributed by atoms with E-state index >= 15 is 0 Å². The number of methoxy groups -OCH3 is 1. The van der Waals surface area contributed by atoms with Crippen molar-refractivity contribution in [2.75, 3.05) is 13.7 Å². The second kappa shape index (κ2) is 8.28. The minimum Gasteiger partial charge on any atom is -0.380 e. The molecule has 4 nitrogen and oxygen atoms in total. The molecule has 0 bridgehead atoms. The molecule has 1 atom stereocenters. The Morgan fingerprint density at radius 1 is 1.00 bits per heavy atom. The molecule has 1 fully saturated rings. The fourth-order valence-electron chi connectivity index (χ4n) is 2.93. The number of Topliss-reactive ketones (excluding diaryl/α,β-unsaturated/α-hetero) is 1. The third-order valence-corrected chi connectivity index (χ3v) is 4.88. The van der Waals surface area contributed by atoms with Crippen LogP contribution in [0.25, 0.3) is 11.1 Å². The zero-order valence-corrected chi connectivity index (χ0v) is 15.3. The molecule has 0 heterocycles. The topological polar surface area (TPSA) is 55.4 Å². The molecule has 0 spiro atoms. The number of hydrogen-bond donors (Lipinski definition) is 1. The summed E-state index contributed by atoms with van der Waals surface area (Å²) in [7, 11) is 1.65. The quantitative estimate of drug-likeness (QED) is 0.729. The summed E-state index contributed by atoms with van der Waals surface area (Å²) in [4.78, 5) is 24.3. The zero-order valence-electron chi connectivity index (χ0n) is 15.3. The number of rotatable bonds is 8. The lowest BCUT2D eigenvalue weighted by atomic mass is 10.00. The third-order valence-electron chi connectivity index (χ3n) is 4.88. The molecule has 1 amide bonds. The molecule has 0 unspecified atom stereocenters. The van der Waals surface area contributed by atoms with E-state index in [0.29, 0.717) is 12.1 Å². The van der Waals surface area contributed by atoms with Gasteiger partial charge in [0.2, 0.25) is 0 Å². The number of benzene rings is 2. The summed E-state index contributed by atoms with van der Waals surface area (Å²) in [5.41, 5.74) is 3.47. The molecule has 1 aliphatic carbocycles. The minimum absolute atomic E-state index is 0.0371. The van der Waals surface area contributed by atoms with E-state index in [1.807, 2.05) is 55.5 Å². The van der Waals surface area contributed by atoms with Crippen molar-refractivity contribution in [2.24, 2.45) is 5.92 Å². The van der Waals surface area contributed by atoms with Crippen LogP contribution < -0.4 is 5.32 Å². The van der Waals surface area contributed by atoms with E-state index in [4.69, 9.17) is 4.74 Å². The van der Waals surface area contributed by atoms with E-state index in [1.165, 1.54) is 0 Å². The third kappa shape index (κ3) is 4.38. The Kier molecular flexibility index (Phi) is 5.84. The molecule has 4 heteroatoms. The maximum atomic E-state index is 12.2. The molecule has 1 saturated carbocycles. The average Bonchev–Trinajstić information content (AvgIpc) is 3.53. The predicted molar refractivity (Wildman–Crippen MR) is 102 cm³/mol. The minimum atomic E-state index is -0.0996. The maximum Gasteiger partial charge on any atom is 0.251 e.